The monoisotopic (exact) mass is 150 g/mol. The third kappa shape index (κ3) is 1.39. The molecule has 0 atom stereocenters. The molecule has 0 bridgehead atoms. The van der Waals surface area contributed by atoms with Crippen molar-refractivity contribution in [2.24, 2.45) is 5.10 Å². The summed E-state index contributed by atoms with van der Waals surface area (Å²) in [6, 6.07) is 0. The lowest BCUT2D eigenvalue weighted by molar-refractivity contribution is 0.645. The standard InChI is InChI=1S/C4H4Cl2N2/c5-4-2-1-3-8(6)7-4/h1,3H,2H2. The number of halogens is 2. The molecule has 1 heterocycles. The van der Waals surface area contributed by atoms with Crippen molar-refractivity contribution in [1.82, 2.24) is 4.53 Å². The van der Waals surface area contributed by atoms with E-state index in [9.17, 15) is 0 Å². The number of rotatable bonds is 0. The molecule has 0 aromatic carbocycles. The van der Waals surface area contributed by atoms with E-state index in [4.69, 9.17) is 23.4 Å². The van der Waals surface area contributed by atoms with Gasteiger partial charge in [0.15, 0.2) is 0 Å². The third-order valence-electron chi connectivity index (χ3n) is 0.719. The Labute approximate surface area is 57.5 Å². The number of hydrogen-bond acceptors (Lipinski definition) is 2. The van der Waals surface area contributed by atoms with Crippen LogP contribution in [0.3, 0.4) is 0 Å². The normalized spacial score (nSPS) is 18.8. The topological polar surface area (TPSA) is 15.6 Å². The third-order valence-corrected chi connectivity index (χ3v) is 1.14. The van der Waals surface area contributed by atoms with Crippen LogP contribution >= 0.6 is 23.4 Å². The minimum Gasteiger partial charge on any atom is -0.179 e. The highest BCUT2D eigenvalue weighted by Crippen LogP contribution is 2.07. The van der Waals surface area contributed by atoms with Crippen molar-refractivity contribution < 1.29 is 0 Å². The van der Waals surface area contributed by atoms with Crippen molar-refractivity contribution in [3.05, 3.63) is 12.3 Å². The van der Waals surface area contributed by atoms with Crippen molar-refractivity contribution in [3.63, 3.8) is 0 Å². The SMILES string of the molecule is ClC1=NN(Cl)C=CC1. The molecule has 1 aliphatic heterocycles. The van der Waals surface area contributed by atoms with Crippen LogP contribution in [-0.4, -0.2) is 9.70 Å². The second-order valence-electron chi connectivity index (χ2n) is 1.35. The van der Waals surface area contributed by atoms with Gasteiger partial charge < -0.3 is 0 Å². The molecule has 0 unspecified atom stereocenters. The molecule has 4 heteroatoms. The van der Waals surface area contributed by atoms with Gasteiger partial charge in [0.1, 0.15) is 5.17 Å². The lowest BCUT2D eigenvalue weighted by atomic mass is 10.4. The first kappa shape index (κ1) is 5.92. The summed E-state index contributed by atoms with van der Waals surface area (Å²) in [5, 5.41) is 4.19. The highest BCUT2D eigenvalue weighted by atomic mass is 35.5. The fourth-order valence-electron chi connectivity index (χ4n) is 0.415. The first-order valence-corrected chi connectivity index (χ1v) is 2.85. The Morgan fingerprint density at radius 3 is 2.88 bits per heavy atom. The van der Waals surface area contributed by atoms with Gasteiger partial charge in [0.05, 0.1) is 0 Å². The van der Waals surface area contributed by atoms with Crippen molar-refractivity contribution in [3.8, 4) is 0 Å². The molecule has 0 radical (unpaired) electrons. The lowest BCUT2D eigenvalue weighted by Crippen LogP contribution is -2.01. The summed E-state index contributed by atoms with van der Waals surface area (Å²) in [4.78, 5) is 0. The summed E-state index contributed by atoms with van der Waals surface area (Å²) in [5.41, 5.74) is 0. The average molecular weight is 151 g/mol. The van der Waals surface area contributed by atoms with Gasteiger partial charge in [0, 0.05) is 24.4 Å². The lowest BCUT2D eigenvalue weighted by Gasteiger charge is -2.06. The molecule has 0 amide bonds. The first-order valence-electron chi connectivity index (χ1n) is 2.13. The molecule has 0 spiro atoms. The Morgan fingerprint density at radius 1 is 1.75 bits per heavy atom. The maximum absolute atomic E-state index is 5.48. The maximum atomic E-state index is 5.48. The Hall–Kier alpha value is -0.210. The summed E-state index contributed by atoms with van der Waals surface area (Å²) < 4.78 is 1.16. The smallest absolute Gasteiger partial charge is 0.132 e. The Bertz CT molecular complexity index is 141. The minimum atomic E-state index is 0.516. The van der Waals surface area contributed by atoms with Gasteiger partial charge in [-0.2, -0.15) is 4.53 Å². The van der Waals surface area contributed by atoms with Crippen molar-refractivity contribution in [1.29, 1.82) is 0 Å². The van der Waals surface area contributed by atoms with Crippen LogP contribution in [0.1, 0.15) is 6.42 Å². The second-order valence-corrected chi connectivity index (χ2v) is 2.14. The molecule has 0 N–H and O–H groups in total. The van der Waals surface area contributed by atoms with Gasteiger partial charge in [-0.25, -0.2) is 0 Å². The molecular weight excluding hydrogens is 147 g/mol. The first-order chi connectivity index (χ1) is 3.79. The highest BCUT2D eigenvalue weighted by Gasteiger charge is 1.99. The van der Waals surface area contributed by atoms with Gasteiger partial charge in [0.2, 0.25) is 0 Å². The van der Waals surface area contributed by atoms with Crippen molar-refractivity contribution in [2.45, 2.75) is 6.42 Å². The van der Waals surface area contributed by atoms with Gasteiger partial charge in [-0.15, -0.1) is 5.10 Å². The van der Waals surface area contributed by atoms with Gasteiger partial charge >= 0.3 is 0 Å². The van der Waals surface area contributed by atoms with E-state index in [1.54, 1.807) is 6.20 Å². The summed E-state index contributed by atoms with van der Waals surface area (Å²) in [7, 11) is 0. The zero-order chi connectivity index (χ0) is 5.98. The quantitative estimate of drug-likeness (QED) is 0.482. The minimum absolute atomic E-state index is 0.516. The molecule has 44 valence electrons. The molecule has 1 rings (SSSR count). The summed E-state index contributed by atoms with van der Waals surface area (Å²) in [6.07, 6.45) is 4.17. The molecule has 0 aromatic heterocycles. The van der Waals surface area contributed by atoms with Crippen LogP contribution in [0.15, 0.2) is 17.4 Å². The van der Waals surface area contributed by atoms with Gasteiger partial charge in [-0.3, -0.25) is 0 Å². The molecule has 0 saturated heterocycles. The highest BCUT2D eigenvalue weighted by molar-refractivity contribution is 6.65. The molecule has 2 nitrogen and oxygen atoms in total. The largest absolute Gasteiger partial charge is 0.179 e. The van der Waals surface area contributed by atoms with Crippen LogP contribution in [0.2, 0.25) is 0 Å². The number of hydrazone groups is 1. The number of allylic oxidation sites excluding steroid dienone is 1. The van der Waals surface area contributed by atoms with Gasteiger partial charge in [-0.1, -0.05) is 17.7 Å². The van der Waals surface area contributed by atoms with Crippen LogP contribution < -0.4 is 0 Å². The van der Waals surface area contributed by atoms with E-state index in [1.165, 1.54) is 0 Å². The van der Waals surface area contributed by atoms with Crippen LogP contribution in [0, 0.1) is 0 Å². The van der Waals surface area contributed by atoms with Crippen molar-refractivity contribution >= 4 is 28.5 Å². The van der Waals surface area contributed by atoms with E-state index in [2.05, 4.69) is 5.10 Å². The van der Waals surface area contributed by atoms with Crippen LogP contribution in [-0.2, 0) is 0 Å². The Kier molecular flexibility index (Phi) is 1.76. The Balaban J connectivity index is 2.60. The van der Waals surface area contributed by atoms with Gasteiger partial charge in [-0.05, 0) is 0 Å². The molecule has 0 aliphatic carbocycles. The molecule has 0 aromatic rings. The second kappa shape index (κ2) is 2.37. The van der Waals surface area contributed by atoms with Gasteiger partial charge in [0.25, 0.3) is 0 Å². The average Bonchev–Trinajstić information content (AvgIpc) is 1.64. The molecule has 0 saturated carbocycles. The van der Waals surface area contributed by atoms with E-state index < -0.39 is 0 Å². The maximum Gasteiger partial charge on any atom is 0.132 e. The van der Waals surface area contributed by atoms with E-state index in [1.807, 2.05) is 6.08 Å². The Morgan fingerprint density at radius 2 is 2.50 bits per heavy atom. The van der Waals surface area contributed by atoms with Crippen LogP contribution in [0.4, 0.5) is 0 Å². The van der Waals surface area contributed by atoms with E-state index >= 15 is 0 Å². The predicted molar refractivity (Wildman–Crippen MR) is 34.7 cm³/mol. The fourth-order valence-corrected chi connectivity index (χ4v) is 0.795. The predicted octanol–water partition coefficient (Wildman–Crippen LogP) is 1.91. The molecular formula is C4H4Cl2N2. The van der Waals surface area contributed by atoms with E-state index in [0.717, 1.165) is 4.53 Å². The zero-order valence-corrected chi connectivity index (χ0v) is 5.52. The van der Waals surface area contributed by atoms with E-state index in [0.29, 0.717) is 11.6 Å². The fraction of sp³-hybridized carbons (Fsp3) is 0.250. The number of nitrogens with zero attached hydrogens (tertiary/aromatic N) is 2. The van der Waals surface area contributed by atoms with Crippen LogP contribution in [0.5, 0.6) is 0 Å². The van der Waals surface area contributed by atoms with Crippen LogP contribution in [0.25, 0.3) is 0 Å². The molecule has 1 aliphatic rings. The number of hydrogen-bond donors (Lipinski definition) is 0. The zero-order valence-electron chi connectivity index (χ0n) is 4.01. The molecule has 0 fully saturated rings. The summed E-state index contributed by atoms with van der Waals surface area (Å²) >= 11 is 10.9. The molecule has 8 heavy (non-hydrogen) atoms. The summed E-state index contributed by atoms with van der Waals surface area (Å²) in [5.74, 6) is 0. The van der Waals surface area contributed by atoms with Crippen molar-refractivity contribution in [2.75, 3.05) is 0 Å². The van der Waals surface area contributed by atoms with E-state index in [-0.39, 0.29) is 0 Å². The summed E-state index contributed by atoms with van der Waals surface area (Å²) in [6.45, 7) is 0.